The summed E-state index contributed by atoms with van der Waals surface area (Å²) < 4.78 is 0. The molecule has 2 fully saturated rings. The van der Waals surface area contributed by atoms with Gasteiger partial charge < -0.3 is 20.4 Å². The second-order valence-electron chi connectivity index (χ2n) is 8.77. The predicted octanol–water partition coefficient (Wildman–Crippen LogP) is -0.00920. The molecule has 2 aromatic carbocycles. The van der Waals surface area contributed by atoms with Crippen LogP contribution in [0.5, 0.6) is 0 Å². The van der Waals surface area contributed by atoms with E-state index in [1.54, 1.807) is 0 Å². The minimum atomic E-state index is -0.173. The average Bonchev–Trinajstić information content (AvgIpc) is 3.60. The van der Waals surface area contributed by atoms with Crippen LogP contribution in [0.25, 0.3) is 0 Å². The van der Waals surface area contributed by atoms with Crippen molar-refractivity contribution in [3.8, 4) is 0 Å². The molecule has 4 N–H and O–H groups in total. The van der Waals surface area contributed by atoms with E-state index in [4.69, 9.17) is 0 Å². The Hall–Kier alpha value is -2.70. The Bertz CT molecular complexity index is 889. The number of nitrogens with one attached hydrogen (secondary N) is 4. The zero-order valence-corrected chi connectivity index (χ0v) is 18.3. The number of quaternary nitrogens is 2. The van der Waals surface area contributed by atoms with Crippen molar-refractivity contribution in [1.29, 1.82) is 0 Å². The van der Waals surface area contributed by atoms with E-state index in [0.29, 0.717) is 12.6 Å². The molecule has 0 radical (unpaired) electrons. The number of aryl methyl sites for hydroxylation is 1. The summed E-state index contributed by atoms with van der Waals surface area (Å²) in [5.41, 5.74) is 3.15. The molecule has 1 aliphatic carbocycles. The lowest BCUT2D eigenvalue weighted by molar-refractivity contribution is -1.02. The van der Waals surface area contributed by atoms with Gasteiger partial charge in [0.1, 0.15) is 26.2 Å². The Balaban J connectivity index is 1.34. The summed E-state index contributed by atoms with van der Waals surface area (Å²) in [6.07, 6.45) is 3.09. The van der Waals surface area contributed by atoms with Crippen LogP contribution >= 0.6 is 0 Å². The number of piperazine rings is 1. The van der Waals surface area contributed by atoms with E-state index in [1.807, 2.05) is 36.4 Å². The molecular formula is C25H34N4O2+2. The zero-order chi connectivity index (χ0) is 21.6. The highest BCUT2D eigenvalue weighted by atomic mass is 16.2. The molecule has 1 atom stereocenters. The van der Waals surface area contributed by atoms with E-state index >= 15 is 0 Å². The first-order valence-electron chi connectivity index (χ1n) is 11.5. The number of hydrogen-bond donors (Lipinski definition) is 4. The summed E-state index contributed by atoms with van der Waals surface area (Å²) in [5.74, 6) is 0.200. The van der Waals surface area contributed by atoms with Gasteiger partial charge in [-0.25, -0.2) is 0 Å². The summed E-state index contributed by atoms with van der Waals surface area (Å²) in [7, 11) is 0. The van der Waals surface area contributed by atoms with Crippen molar-refractivity contribution in [2.75, 3.05) is 38.0 Å². The second-order valence-corrected chi connectivity index (χ2v) is 8.77. The molecule has 2 aliphatic rings. The lowest BCUT2D eigenvalue weighted by atomic mass is 10.0. The molecular weight excluding hydrogens is 388 g/mol. The van der Waals surface area contributed by atoms with Crippen molar-refractivity contribution >= 4 is 17.5 Å². The van der Waals surface area contributed by atoms with Crippen LogP contribution in [0.3, 0.4) is 0 Å². The monoisotopic (exact) mass is 422 g/mol. The topological polar surface area (TPSA) is 67.1 Å². The van der Waals surface area contributed by atoms with Gasteiger partial charge in [0, 0.05) is 17.3 Å². The highest BCUT2D eigenvalue weighted by Crippen LogP contribution is 2.20. The van der Waals surface area contributed by atoms with Crippen molar-refractivity contribution in [2.24, 2.45) is 0 Å². The molecule has 164 valence electrons. The highest BCUT2D eigenvalue weighted by molar-refractivity contribution is 5.92. The quantitative estimate of drug-likeness (QED) is 0.484. The van der Waals surface area contributed by atoms with Crippen LogP contribution in [-0.2, 0) is 16.0 Å². The summed E-state index contributed by atoms with van der Waals surface area (Å²) in [5, 5.41) is 6.29. The van der Waals surface area contributed by atoms with E-state index in [1.165, 1.54) is 9.80 Å². The molecule has 1 saturated heterocycles. The molecule has 6 nitrogen and oxygen atoms in total. The molecule has 0 unspecified atom stereocenters. The van der Waals surface area contributed by atoms with Crippen molar-refractivity contribution < 1.29 is 19.4 Å². The number of carbonyl (C=O) groups is 2. The Morgan fingerprint density at radius 1 is 0.968 bits per heavy atom. The van der Waals surface area contributed by atoms with Gasteiger partial charge in [-0.05, 0) is 30.9 Å². The molecule has 6 heteroatoms. The van der Waals surface area contributed by atoms with Crippen LogP contribution in [-0.4, -0.2) is 50.6 Å². The number of para-hydroxylation sites is 1. The van der Waals surface area contributed by atoms with Gasteiger partial charge in [0.05, 0.1) is 0 Å². The van der Waals surface area contributed by atoms with Gasteiger partial charge in [0.25, 0.3) is 11.8 Å². The number of anilines is 1. The van der Waals surface area contributed by atoms with Crippen LogP contribution in [0.15, 0.2) is 54.6 Å². The van der Waals surface area contributed by atoms with Crippen molar-refractivity contribution in [2.45, 2.75) is 38.3 Å². The molecule has 1 heterocycles. The van der Waals surface area contributed by atoms with Gasteiger partial charge in [-0.1, -0.05) is 55.5 Å². The minimum absolute atomic E-state index is 0.0606. The summed E-state index contributed by atoms with van der Waals surface area (Å²) in [6.45, 7) is 6.10. The molecule has 1 aliphatic heterocycles. The SMILES string of the molecule is CCc1ccccc1NC(=O)C[NH+]1CC[NH+]([C@H](C(=O)NC2CC2)c2ccccc2)CC1. The number of carbonyl (C=O) groups excluding carboxylic acids is 2. The smallest absolute Gasteiger partial charge is 0.283 e. The Labute approximate surface area is 184 Å². The van der Waals surface area contributed by atoms with Gasteiger partial charge in [-0.3, -0.25) is 9.59 Å². The first-order valence-corrected chi connectivity index (χ1v) is 11.5. The van der Waals surface area contributed by atoms with E-state index in [0.717, 1.165) is 62.3 Å². The number of rotatable bonds is 8. The standard InChI is InChI=1S/C25H32N4O2/c1-2-19-8-6-7-11-22(19)27-23(30)18-28-14-16-29(17-15-28)24(20-9-4-3-5-10-20)25(31)26-21-12-13-21/h3-11,21,24H,2,12-18H2,1H3,(H,26,31)(H,27,30)/p+2/t24-/m0/s1. The van der Waals surface area contributed by atoms with Gasteiger partial charge in [0.15, 0.2) is 12.6 Å². The molecule has 2 amide bonds. The Morgan fingerprint density at radius 2 is 1.65 bits per heavy atom. The third kappa shape index (κ3) is 5.71. The normalized spacial score (nSPS) is 21.8. The van der Waals surface area contributed by atoms with Crippen molar-refractivity contribution in [3.05, 3.63) is 65.7 Å². The van der Waals surface area contributed by atoms with Gasteiger partial charge in [-0.2, -0.15) is 0 Å². The third-order valence-electron chi connectivity index (χ3n) is 6.41. The van der Waals surface area contributed by atoms with Crippen LogP contribution in [0.4, 0.5) is 5.69 Å². The predicted molar refractivity (Wildman–Crippen MR) is 121 cm³/mol. The van der Waals surface area contributed by atoms with Gasteiger partial charge in [-0.15, -0.1) is 0 Å². The first kappa shape index (κ1) is 21.5. The highest BCUT2D eigenvalue weighted by Gasteiger charge is 2.38. The van der Waals surface area contributed by atoms with Crippen LogP contribution in [0, 0.1) is 0 Å². The van der Waals surface area contributed by atoms with Crippen molar-refractivity contribution in [1.82, 2.24) is 5.32 Å². The van der Waals surface area contributed by atoms with Crippen LogP contribution in [0.1, 0.15) is 36.9 Å². The average molecular weight is 423 g/mol. The summed E-state index contributed by atoms with van der Waals surface area (Å²) in [4.78, 5) is 28.2. The van der Waals surface area contributed by atoms with Crippen molar-refractivity contribution in [3.63, 3.8) is 0 Å². The Morgan fingerprint density at radius 3 is 2.32 bits per heavy atom. The minimum Gasteiger partial charge on any atom is -0.348 e. The van der Waals surface area contributed by atoms with E-state index in [2.05, 4.69) is 35.8 Å². The molecule has 0 spiro atoms. The largest absolute Gasteiger partial charge is 0.348 e. The maximum Gasteiger partial charge on any atom is 0.283 e. The van der Waals surface area contributed by atoms with Gasteiger partial charge >= 0.3 is 0 Å². The molecule has 1 saturated carbocycles. The van der Waals surface area contributed by atoms with E-state index in [9.17, 15) is 9.59 Å². The fourth-order valence-corrected chi connectivity index (χ4v) is 4.49. The fraction of sp³-hybridized carbons (Fsp3) is 0.440. The van der Waals surface area contributed by atoms with Gasteiger partial charge in [0.2, 0.25) is 0 Å². The van der Waals surface area contributed by atoms with Crippen LogP contribution < -0.4 is 20.4 Å². The summed E-state index contributed by atoms with van der Waals surface area (Å²) in [6, 6.07) is 18.3. The lowest BCUT2D eigenvalue weighted by Crippen LogP contribution is -3.28. The summed E-state index contributed by atoms with van der Waals surface area (Å²) >= 11 is 0. The zero-order valence-electron chi connectivity index (χ0n) is 18.3. The number of hydrogen-bond acceptors (Lipinski definition) is 2. The Kier molecular flexibility index (Phi) is 6.99. The van der Waals surface area contributed by atoms with E-state index < -0.39 is 0 Å². The maximum atomic E-state index is 13.0. The molecule has 0 bridgehead atoms. The second kappa shape index (κ2) is 10.1. The third-order valence-corrected chi connectivity index (χ3v) is 6.41. The molecule has 31 heavy (non-hydrogen) atoms. The molecule has 0 aromatic heterocycles. The lowest BCUT2D eigenvalue weighted by Gasteiger charge is -2.34. The molecule has 2 aromatic rings. The van der Waals surface area contributed by atoms with Crippen LogP contribution in [0.2, 0.25) is 0 Å². The number of benzene rings is 2. The fourth-order valence-electron chi connectivity index (χ4n) is 4.49. The van der Waals surface area contributed by atoms with E-state index in [-0.39, 0.29) is 17.9 Å². The molecule has 4 rings (SSSR count). The maximum absolute atomic E-state index is 13.0. The number of amides is 2. The first-order chi connectivity index (χ1) is 15.1.